The number of nitrogens with zero attached hydrogens (tertiary/aromatic N) is 1. The molecule has 0 radical (unpaired) electrons. The maximum Gasteiger partial charge on any atom is 0.387 e. The van der Waals surface area contributed by atoms with Crippen LogP contribution in [-0.4, -0.2) is 25.1 Å². The maximum atomic E-state index is 13.2. The zero-order valence-electron chi connectivity index (χ0n) is 17.2. The third-order valence-electron chi connectivity index (χ3n) is 5.51. The standard InChI is InChI=1S/C25H24F2N2O2/c1-17(24(30)29-16-15-18-7-5-6-10-22(18)29)28-23(19-8-3-2-4-9-19)20-11-13-21(14-12-20)31-25(26)27/h2-14,17,23,25,28H,15-16H2,1H3/t17-,23+/m1/s1. The van der Waals surface area contributed by atoms with Crippen LogP contribution in [0.25, 0.3) is 0 Å². The van der Waals surface area contributed by atoms with Gasteiger partial charge in [-0.25, -0.2) is 0 Å². The highest BCUT2D eigenvalue weighted by Gasteiger charge is 2.29. The number of alkyl halides is 2. The van der Waals surface area contributed by atoms with Gasteiger partial charge in [0.15, 0.2) is 0 Å². The molecule has 0 unspecified atom stereocenters. The highest BCUT2D eigenvalue weighted by atomic mass is 19.3. The van der Waals surface area contributed by atoms with Crippen molar-refractivity contribution in [1.82, 2.24) is 5.32 Å². The highest BCUT2D eigenvalue weighted by Crippen LogP contribution is 2.29. The Bertz CT molecular complexity index is 1030. The number of nitrogens with one attached hydrogen (secondary N) is 1. The van der Waals surface area contributed by atoms with E-state index < -0.39 is 12.7 Å². The molecule has 1 aliphatic rings. The van der Waals surface area contributed by atoms with E-state index in [-0.39, 0.29) is 17.7 Å². The fourth-order valence-electron chi connectivity index (χ4n) is 3.99. The number of carbonyl (C=O) groups excluding carboxylic acids is 1. The van der Waals surface area contributed by atoms with Crippen molar-refractivity contribution in [2.75, 3.05) is 11.4 Å². The van der Waals surface area contributed by atoms with Gasteiger partial charge in [0, 0.05) is 12.2 Å². The fraction of sp³-hybridized carbons (Fsp3) is 0.240. The first-order chi connectivity index (χ1) is 15.0. The Labute approximate surface area is 180 Å². The van der Waals surface area contributed by atoms with Gasteiger partial charge < -0.3 is 9.64 Å². The van der Waals surface area contributed by atoms with Crippen LogP contribution in [0.2, 0.25) is 0 Å². The van der Waals surface area contributed by atoms with Crippen LogP contribution in [0, 0.1) is 0 Å². The number of anilines is 1. The van der Waals surface area contributed by atoms with Gasteiger partial charge >= 0.3 is 6.61 Å². The summed E-state index contributed by atoms with van der Waals surface area (Å²) in [6, 6.07) is 23.5. The molecule has 31 heavy (non-hydrogen) atoms. The number of halogens is 2. The van der Waals surface area contributed by atoms with Crippen LogP contribution in [0.5, 0.6) is 5.75 Å². The first-order valence-electron chi connectivity index (χ1n) is 10.3. The number of amides is 1. The second kappa shape index (κ2) is 9.27. The second-order valence-corrected chi connectivity index (χ2v) is 7.55. The van der Waals surface area contributed by atoms with Crippen LogP contribution in [0.3, 0.4) is 0 Å². The van der Waals surface area contributed by atoms with E-state index in [4.69, 9.17) is 0 Å². The molecule has 1 N–H and O–H groups in total. The quantitative estimate of drug-likeness (QED) is 0.586. The monoisotopic (exact) mass is 422 g/mol. The van der Waals surface area contributed by atoms with E-state index in [1.54, 1.807) is 12.1 Å². The molecular formula is C25H24F2N2O2. The van der Waals surface area contributed by atoms with E-state index in [9.17, 15) is 13.6 Å². The lowest BCUT2D eigenvalue weighted by atomic mass is 9.97. The molecule has 0 saturated carbocycles. The molecule has 6 heteroatoms. The fourth-order valence-corrected chi connectivity index (χ4v) is 3.99. The number of benzene rings is 3. The number of carbonyl (C=O) groups is 1. The van der Waals surface area contributed by atoms with Crippen molar-refractivity contribution in [3.63, 3.8) is 0 Å². The summed E-state index contributed by atoms with van der Waals surface area (Å²) >= 11 is 0. The van der Waals surface area contributed by atoms with Gasteiger partial charge in [0.1, 0.15) is 5.75 Å². The Hall–Kier alpha value is -3.25. The molecule has 1 heterocycles. The number of hydrogen-bond donors (Lipinski definition) is 1. The van der Waals surface area contributed by atoms with Gasteiger partial charge in [0.25, 0.3) is 0 Å². The number of fused-ring (bicyclic) bond motifs is 1. The lowest BCUT2D eigenvalue weighted by molar-refractivity contribution is -0.120. The van der Waals surface area contributed by atoms with E-state index >= 15 is 0 Å². The van der Waals surface area contributed by atoms with E-state index in [0.29, 0.717) is 6.54 Å². The Morgan fingerprint density at radius 1 is 0.935 bits per heavy atom. The lowest BCUT2D eigenvalue weighted by Gasteiger charge is -2.27. The van der Waals surface area contributed by atoms with E-state index in [1.807, 2.05) is 60.4 Å². The molecule has 4 rings (SSSR count). The molecule has 0 spiro atoms. The van der Waals surface area contributed by atoms with Crippen molar-refractivity contribution in [3.05, 3.63) is 95.6 Å². The van der Waals surface area contributed by atoms with Gasteiger partial charge in [0.05, 0.1) is 12.1 Å². The summed E-state index contributed by atoms with van der Waals surface area (Å²) in [5, 5.41) is 3.44. The van der Waals surface area contributed by atoms with Gasteiger partial charge in [-0.2, -0.15) is 8.78 Å². The minimum absolute atomic E-state index is 0.00327. The second-order valence-electron chi connectivity index (χ2n) is 7.55. The Balaban J connectivity index is 1.56. The molecule has 1 amide bonds. The minimum atomic E-state index is -2.87. The van der Waals surface area contributed by atoms with Crippen molar-refractivity contribution in [2.45, 2.75) is 32.0 Å². The van der Waals surface area contributed by atoms with Gasteiger partial charge in [-0.05, 0) is 48.2 Å². The van der Waals surface area contributed by atoms with E-state index in [0.717, 1.165) is 23.2 Å². The summed E-state index contributed by atoms with van der Waals surface area (Å²) in [6.45, 7) is -0.345. The van der Waals surface area contributed by atoms with Crippen LogP contribution in [-0.2, 0) is 11.2 Å². The van der Waals surface area contributed by atoms with Gasteiger partial charge in [0.2, 0.25) is 5.91 Å². The predicted molar refractivity (Wildman–Crippen MR) is 116 cm³/mol. The van der Waals surface area contributed by atoms with Gasteiger partial charge in [-0.1, -0.05) is 60.7 Å². The van der Waals surface area contributed by atoms with Crippen molar-refractivity contribution in [2.24, 2.45) is 0 Å². The molecule has 3 aromatic rings. The largest absolute Gasteiger partial charge is 0.435 e. The molecule has 0 saturated heterocycles. The van der Waals surface area contributed by atoms with E-state index in [2.05, 4.69) is 16.1 Å². The molecule has 0 aromatic heterocycles. The zero-order valence-corrected chi connectivity index (χ0v) is 17.2. The normalized spacial score (nSPS) is 14.9. The number of para-hydroxylation sites is 1. The van der Waals surface area contributed by atoms with Crippen LogP contribution < -0.4 is 15.0 Å². The summed E-state index contributed by atoms with van der Waals surface area (Å²) in [6.07, 6.45) is 0.850. The molecule has 3 aromatic carbocycles. The Morgan fingerprint density at radius 3 is 2.29 bits per heavy atom. The lowest BCUT2D eigenvalue weighted by Crippen LogP contribution is -2.45. The molecule has 0 fully saturated rings. The summed E-state index contributed by atoms with van der Waals surface area (Å²) in [5.41, 5.74) is 3.98. The summed E-state index contributed by atoms with van der Waals surface area (Å²) in [7, 11) is 0. The molecule has 160 valence electrons. The smallest absolute Gasteiger partial charge is 0.387 e. The van der Waals surface area contributed by atoms with Crippen LogP contribution in [0.15, 0.2) is 78.9 Å². The summed E-state index contributed by atoms with van der Waals surface area (Å²) < 4.78 is 29.4. The van der Waals surface area contributed by atoms with Gasteiger partial charge in [-0.15, -0.1) is 0 Å². The zero-order chi connectivity index (χ0) is 21.8. The van der Waals surface area contributed by atoms with Crippen molar-refractivity contribution < 1.29 is 18.3 Å². The third kappa shape index (κ3) is 4.75. The Kier molecular flexibility index (Phi) is 6.28. The number of hydrogen-bond acceptors (Lipinski definition) is 3. The average molecular weight is 422 g/mol. The first-order valence-corrected chi connectivity index (χ1v) is 10.3. The van der Waals surface area contributed by atoms with Crippen LogP contribution in [0.4, 0.5) is 14.5 Å². The molecule has 0 bridgehead atoms. The topological polar surface area (TPSA) is 41.6 Å². The van der Waals surface area contributed by atoms with Crippen molar-refractivity contribution >= 4 is 11.6 Å². The van der Waals surface area contributed by atoms with Crippen molar-refractivity contribution in [3.8, 4) is 5.75 Å². The maximum absolute atomic E-state index is 13.2. The number of rotatable bonds is 7. The molecule has 0 aliphatic carbocycles. The van der Waals surface area contributed by atoms with Gasteiger partial charge in [-0.3, -0.25) is 10.1 Å². The van der Waals surface area contributed by atoms with E-state index in [1.165, 1.54) is 17.7 Å². The molecule has 2 atom stereocenters. The summed E-state index contributed by atoms with van der Waals surface area (Å²) in [4.78, 5) is 15.1. The molecular weight excluding hydrogens is 398 g/mol. The highest BCUT2D eigenvalue weighted by molar-refractivity contribution is 5.98. The minimum Gasteiger partial charge on any atom is -0.435 e. The summed E-state index contributed by atoms with van der Waals surface area (Å²) in [5.74, 6) is 0.104. The Morgan fingerprint density at radius 2 is 1.58 bits per heavy atom. The average Bonchev–Trinajstić information content (AvgIpc) is 3.22. The van der Waals surface area contributed by atoms with Crippen LogP contribution in [0.1, 0.15) is 29.7 Å². The molecule has 4 nitrogen and oxygen atoms in total. The molecule has 1 aliphatic heterocycles. The van der Waals surface area contributed by atoms with Crippen molar-refractivity contribution in [1.29, 1.82) is 0 Å². The van der Waals surface area contributed by atoms with Crippen LogP contribution >= 0.6 is 0 Å². The first kappa shape index (κ1) is 21.0. The third-order valence-corrected chi connectivity index (χ3v) is 5.51. The number of ether oxygens (including phenoxy) is 1. The predicted octanol–water partition coefficient (Wildman–Crippen LogP) is 4.94. The SMILES string of the molecule is C[C@@H](N[C@@H](c1ccccc1)c1ccc(OC(F)F)cc1)C(=O)N1CCc2ccccc21.